The van der Waals surface area contributed by atoms with E-state index in [1.54, 1.807) is 54.2 Å². The minimum atomic E-state index is -3.11. The molecule has 0 fully saturated rings. The van der Waals surface area contributed by atoms with Crippen molar-refractivity contribution in [2.75, 3.05) is 33.3 Å². The van der Waals surface area contributed by atoms with Gasteiger partial charge < -0.3 is 29.8 Å². The maximum absolute atomic E-state index is 15.5. The molecule has 8 atom stereocenters. The van der Waals surface area contributed by atoms with Crippen molar-refractivity contribution in [3.05, 3.63) is 293 Å². The number of aromatic hydroxyl groups is 1. The number of phenols is 1. The molecule has 0 saturated heterocycles. The molecule has 0 aliphatic carbocycles. The Bertz CT molecular complexity index is 6050. The van der Waals surface area contributed by atoms with Crippen LogP contribution in [-0.2, 0) is 44.9 Å². The fraction of sp³-hybridized carbons (Fsp3) is 0.346. The summed E-state index contributed by atoms with van der Waals surface area (Å²) in [6.07, 6.45) is 12.3. The molecule has 702 valence electrons. The van der Waals surface area contributed by atoms with Crippen LogP contribution in [0.25, 0.3) is 67.9 Å². The first-order valence-electron chi connectivity index (χ1n) is 43.6. The molecule has 5 N–H and O–H groups in total. The number of alkyl halides is 5. The Morgan fingerprint density at radius 2 is 0.609 bits per heavy atom. The number of H-pyrrole nitrogens is 4. The zero-order valence-electron chi connectivity index (χ0n) is 76.4. The van der Waals surface area contributed by atoms with Crippen molar-refractivity contribution >= 4 is 91.0 Å². The predicted octanol–water partition coefficient (Wildman–Crippen LogP) is 24.4. The lowest BCUT2D eigenvalue weighted by Crippen LogP contribution is -2.48. The SMILES string of the molecule is CC(=O)/C=C/c1cc(F)c(C2c3[nH]c4cc(F)ccc4c3CC(C)N2CC(C)(C)F)c(F)c1.CC(=O)/C=C/c1cc(F)c(C2c3[nH]c4cc(F)ccc4c3CC(C)N2CC(C)(F)F)c(F)c1.CC(=O)/C=C/c1cc(F)c(C2c3[nH]c4cc(O)ccc4c3CC(C)N2CC(C)(C)F)c(F)c1.COc1ccc2[nH]c3c(c2c1)CC(C)N(CC(C)(C)F)C3c1c(F)cc(/C=C/C(C)=O)cc1F. The van der Waals surface area contributed by atoms with Gasteiger partial charge in [0.2, 0.25) is 0 Å². The van der Waals surface area contributed by atoms with E-state index in [2.05, 4.69) is 19.9 Å². The van der Waals surface area contributed by atoms with Crippen molar-refractivity contribution in [3.63, 3.8) is 0 Å². The third-order valence-electron chi connectivity index (χ3n) is 24.2. The van der Waals surface area contributed by atoms with Crippen LogP contribution in [0.15, 0.2) is 146 Å². The Morgan fingerprint density at radius 1 is 0.353 bits per heavy atom. The summed E-state index contributed by atoms with van der Waals surface area (Å²) in [4.78, 5) is 64.4. The second kappa shape index (κ2) is 38.9. The van der Waals surface area contributed by atoms with Crippen molar-refractivity contribution in [3.8, 4) is 11.5 Å². The van der Waals surface area contributed by atoms with Crippen molar-refractivity contribution in [2.45, 2.75) is 201 Å². The van der Waals surface area contributed by atoms with Crippen LogP contribution in [0, 0.1) is 58.2 Å². The van der Waals surface area contributed by atoms with Crippen molar-refractivity contribution in [1.82, 2.24) is 39.5 Å². The van der Waals surface area contributed by atoms with E-state index in [0.29, 0.717) is 76.1 Å². The number of carbonyl (C=O) groups excluding carboxylic acids is 4. The Kier molecular flexibility index (Phi) is 28.8. The molecule has 0 spiro atoms. The van der Waals surface area contributed by atoms with E-state index in [1.165, 1.54) is 171 Å². The minimum absolute atomic E-state index is 0.00182. The van der Waals surface area contributed by atoms with Gasteiger partial charge in [0.05, 0.1) is 37.8 Å². The maximum Gasteiger partial charge on any atom is 0.257 e. The topological polar surface area (TPSA) is 174 Å². The summed E-state index contributed by atoms with van der Waals surface area (Å²) >= 11 is 0. The number of halogens is 15. The van der Waals surface area contributed by atoms with Gasteiger partial charge in [-0.25, -0.2) is 65.9 Å². The number of rotatable bonds is 21. The normalized spacial score (nSPS) is 19.3. The smallest absolute Gasteiger partial charge is 0.257 e. The number of fused-ring (bicyclic) bond motifs is 12. The largest absolute Gasteiger partial charge is 0.508 e. The van der Waals surface area contributed by atoms with Gasteiger partial charge in [0.15, 0.2) is 23.1 Å². The highest BCUT2D eigenvalue weighted by atomic mass is 19.3. The van der Waals surface area contributed by atoms with Gasteiger partial charge in [-0.05, 0) is 307 Å². The van der Waals surface area contributed by atoms with E-state index < -0.39 is 118 Å². The molecule has 8 heterocycles. The second-order valence-corrected chi connectivity index (χ2v) is 37.2. The number of methoxy groups -OCH3 is 1. The molecule has 133 heavy (non-hydrogen) atoms. The summed E-state index contributed by atoms with van der Waals surface area (Å²) in [6.45, 7) is 21.5. The van der Waals surface area contributed by atoms with Gasteiger partial charge in [-0.15, -0.1) is 0 Å². The summed E-state index contributed by atoms with van der Waals surface area (Å²) in [7, 11) is 1.59. The monoisotopic (exact) mass is 1850 g/mol. The number of ketones is 4. The van der Waals surface area contributed by atoms with Gasteiger partial charge in [0.25, 0.3) is 5.92 Å². The Morgan fingerprint density at radius 3 is 0.872 bits per heavy atom. The third kappa shape index (κ3) is 22.2. The van der Waals surface area contributed by atoms with E-state index in [1.807, 2.05) is 43.9 Å². The zero-order chi connectivity index (χ0) is 97.0. The average Bonchev–Trinajstić information content (AvgIpc) is 1.72. The van der Waals surface area contributed by atoms with Crippen LogP contribution in [0.2, 0.25) is 0 Å². The zero-order valence-corrected chi connectivity index (χ0v) is 76.4. The number of carbonyl (C=O) groups is 4. The number of ether oxygens (including phenoxy) is 1. The summed E-state index contributed by atoms with van der Waals surface area (Å²) in [5.74, 6) is -10.7. The van der Waals surface area contributed by atoms with Gasteiger partial charge in [-0.3, -0.25) is 38.8 Å². The highest BCUT2D eigenvalue weighted by molar-refractivity contribution is 5.94. The van der Waals surface area contributed by atoms with E-state index in [9.17, 15) is 55.0 Å². The summed E-state index contributed by atoms with van der Waals surface area (Å²) in [5, 5.41) is 13.2. The molecule has 8 aromatic carbocycles. The Labute approximate surface area is 760 Å². The van der Waals surface area contributed by atoms with E-state index in [4.69, 9.17) is 4.74 Å². The lowest BCUT2D eigenvalue weighted by Gasteiger charge is -2.43. The number of hydrogen-bond acceptors (Lipinski definition) is 10. The highest BCUT2D eigenvalue weighted by Crippen LogP contribution is 2.50. The van der Waals surface area contributed by atoms with E-state index >= 15 is 35.1 Å². The van der Waals surface area contributed by atoms with Gasteiger partial charge in [-0.1, -0.05) is 24.3 Å². The van der Waals surface area contributed by atoms with E-state index in [-0.39, 0.29) is 111 Å². The Balaban J connectivity index is 0.000000151. The van der Waals surface area contributed by atoms with Gasteiger partial charge >= 0.3 is 0 Å². The second-order valence-electron chi connectivity index (χ2n) is 37.2. The molecule has 4 aliphatic heterocycles. The number of allylic oxidation sites excluding steroid dienone is 4. The first kappa shape index (κ1) is 98.5. The number of hydrogen-bond donors (Lipinski definition) is 5. The molecular formula is C104H105F15N8O6. The van der Waals surface area contributed by atoms with Gasteiger partial charge in [0, 0.05) is 145 Å². The summed E-state index contributed by atoms with van der Waals surface area (Å²) in [6, 6.07) is 23.4. The van der Waals surface area contributed by atoms with Crippen LogP contribution in [-0.4, -0.2) is 148 Å². The van der Waals surface area contributed by atoms with Crippen LogP contribution < -0.4 is 4.74 Å². The lowest BCUT2D eigenvalue weighted by molar-refractivity contribution is -0.113. The van der Waals surface area contributed by atoms with Crippen LogP contribution in [0.5, 0.6) is 11.5 Å². The molecule has 4 aromatic heterocycles. The maximum atomic E-state index is 15.5. The number of phenolic OH excluding ortho intramolecular Hbond substituents is 1. The Hall–Kier alpha value is -12.1. The fourth-order valence-corrected chi connectivity index (χ4v) is 18.8. The van der Waals surface area contributed by atoms with Crippen LogP contribution in [0.1, 0.15) is 218 Å². The molecule has 0 radical (unpaired) electrons. The molecule has 8 unspecified atom stereocenters. The predicted molar refractivity (Wildman–Crippen MR) is 489 cm³/mol. The van der Waals surface area contributed by atoms with Crippen LogP contribution >= 0.6 is 0 Å². The molecule has 0 saturated carbocycles. The number of benzene rings is 8. The third-order valence-corrected chi connectivity index (χ3v) is 24.2. The summed E-state index contributed by atoms with van der Waals surface area (Å²) in [5.41, 5.74) is 3.12. The standard InChI is InChI=1S/C27H29F3N2O2.C26H26F4N2O.C26H27F3N2O2.C25H23F5N2O/c1-15-10-20-19-13-18(34-5)8-9-23(19)31-25(20)26(32(15)14-27(3,4)30)24-21(28)11-17(12-22(24)29)7-6-16(2)33;1-14-9-19-18-8-7-17(27)12-22(18)31-24(19)25(32(14)13-26(3,4)30)23-20(28)10-16(11-21(23)29)6-5-15(2)33;1-14-9-19-18-8-7-17(33)12-22(18)30-24(19)25(31(14)13-26(3,4)29)23-20(27)10-16(11-21(23)28)6-5-15(2)32;1-13-8-18-17-7-6-16(26)11-21(17)31-23(18)24(32(13)12-25(3,29)30)22-19(27)9-15(10-20(22)28)5-4-14(2)33/h6-9,11-13,15,26,31H,10,14H2,1-5H3;5-8,10-12,14,25,31H,9,13H2,1-4H3;5-8,10-12,14,25,30,33H,9,13H2,1-4H3;4-7,9-11,13,24,31H,8,12H2,1-3H3/b7-6+;2*6-5+;5-4+. The van der Waals surface area contributed by atoms with Crippen molar-refractivity contribution in [1.29, 1.82) is 0 Å². The fourth-order valence-electron chi connectivity index (χ4n) is 18.8. The molecule has 0 amide bonds. The van der Waals surface area contributed by atoms with E-state index in [0.717, 1.165) is 75.1 Å². The van der Waals surface area contributed by atoms with Crippen molar-refractivity contribution in [2.24, 2.45) is 0 Å². The van der Waals surface area contributed by atoms with Gasteiger partial charge in [0.1, 0.15) is 86.7 Å². The first-order chi connectivity index (χ1) is 62.3. The lowest BCUT2D eigenvalue weighted by atomic mass is 9.87. The first-order valence-corrected chi connectivity index (χ1v) is 43.6. The number of nitrogens with one attached hydrogen (secondary N) is 4. The molecular weight excluding hydrogens is 1740 g/mol. The van der Waals surface area contributed by atoms with Gasteiger partial charge in [-0.2, -0.15) is 0 Å². The minimum Gasteiger partial charge on any atom is -0.508 e. The molecule has 4 aliphatic rings. The van der Waals surface area contributed by atoms with Crippen molar-refractivity contribution < 1.29 is 94.9 Å². The average molecular weight is 1850 g/mol. The molecule has 14 nitrogen and oxygen atoms in total. The molecule has 29 heteroatoms. The number of aromatic nitrogens is 4. The molecule has 0 bridgehead atoms. The summed E-state index contributed by atoms with van der Waals surface area (Å²) < 4.78 is 229. The molecule has 12 aromatic rings. The van der Waals surface area contributed by atoms with Crippen LogP contribution in [0.3, 0.4) is 0 Å². The van der Waals surface area contributed by atoms with Crippen LogP contribution in [0.4, 0.5) is 65.9 Å². The highest BCUT2D eigenvalue weighted by Gasteiger charge is 2.47. The molecule has 16 rings (SSSR count). The number of aromatic amines is 4. The number of nitrogens with zero attached hydrogens (tertiary/aromatic N) is 4. The quantitative estimate of drug-likeness (QED) is 0.0344.